The molecule has 0 aliphatic carbocycles. The third-order valence-electron chi connectivity index (χ3n) is 7.12. The monoisotopic (exact) mass is 612 g/mol. The molecule has 44 heavy (non-hydrogen) atoms. The number of aliphatic hydroxyl groups is 1. The zero-order valence-corrected chi connectivity index (χ0v) is 25.4. The highest BCUT2D eigenvalue weighted by atomic mass is 35.5. The number of ether oxygens (including phenoxy) is 2. The Balaban J connectivity index is 1.37. The first-order valence-corrected chi connectivity index (χ1v) is 14.3. The summed E-state index contributed by atoms with van der Waals surface area (Å²) >= 11 is 6.87. The standard InChI is InChI=1S/C33H33ClN6O4/c1-20-24(6-4-8-26(20)39-31-30-22(12-13-36-31)16-21(18-38-30)17-35-14-15-41)25-7-5-9-27(29(25)34)40-32(42)28-11-10-23(19-37-28)33(43-2)44-3/h4-13,16,18-19,33,35,41H,14-15,17H2,1-3H3,(H,36,39)(H,40,42). The molecule has 0 atom stereocenters. The van der Waals surface area contributed by atoms with Crippen molar-refractivity contribution in [3.63, 3.8) is 0 Å². The molecule has 0 fully saturated rings. The number of nitrogens with zero attached hydrogens (tertiary/aromatic N) is 3. The van der Waals surface area contributed by atoms with E-state index in [1.54, 1.807) is 30.6 Å². The van der Waals surface area contributed by atoms with E-state index in [1.165, 1.54) is 14.2 Å². The third kappa shape index (κ3) is 6.85. The normalized spacial score (nSPS) is 11.2. The second kappa shape index (κ2) is 14.3. The molecule has 0 aliphatic heterocycles. The number of halogens is 1. The predicted molar refractivity (Wildman–Crippen MR) is 172 cm³/mol. The third-order valence-corrected chi connectivity index (χ3v) is 7.52. The van der Waals surface area contributed by atoms with E-state index in [9.17, 15) is 4.79 Å². The lowest BCUT2D eigenvalue weighted by molar-refractivity contribution is -0.106. The highest BCUT2D eigenvalue weighted by molar-refractivity contribution is 6.36. The van der Waals surface area contributed by atoms with Gasteiger partial charge in [0.2, 0.25) is 0 Å². The number of anilines is 3. The average Bonchev–Trinajstić information content (AvgIpc) is 3.04. The second-order valence-electron chi connectivity index (χ2n) is 9.98. The minimum atomic E-state index is -0.565. The van der Waals surface area contributed by atoms with Crippen LogP contribution in [-0.2, 0) is 16.0 Å². The van der Waals surface area contributed by atoms with Gasteiger partial charge in [0, 0.05) is 68.1 Å². The first-order chi connectivity index (χ1) is 21.4. The quantitative estimate of drug-likeness (QED) is 0.0986. The first kappa shape index (κ1) is 31.0. The van der Waals surface area contributed by atoms with Crippen LogP contribution in [0.15, 0.2) is 79.3 Å². The molecule has 3 aromatic heterocycles. The van der Waals surface area contributed by atoms with Crippen LogP contribution in [0.5, 0.6) is 0 Å². The lowest BCUT2D eigenvalue weighted by Crippen LogP contribution is -2.17. The number of aromatic nitrogens is 3. The van der Waals surface area contributed by atoms with Crippen LogP contribution in [0.2, 0.25) is 5.02 Å². The van der Waals surface area contributed by atoms with E-state index in [1.807, 2.05) is 49.5 Å². The summed E-state index contributed by atoms with van der Waals surface area (Å²) in [5.74, 6) is 0.238. The highest BCUT2D eigenvalue weighted by Crippen LogP contribution is 2.38. The number of amides is 1. The molecule has 0 unspecified atom stereocenters. The Morgan fingerprint density at radius 2 is 1.73 bits per heavy atom. The van der Waals surface area contributed by atoms with Gasteiger partial charge in [-0.05, 0) is 53.9 Å². The van der Waals surface area contributed by atoms with Gasteiger partial charge >= 0.3 is 0 Å². The van der Waals surface area contributed by atoms with Crippen LogP contribution in [0.4, 0.5) is 17.2 Å². The molecule has 0 spiro atoms. The topological polar surface area (TPSA) is 131 Å². The summed E-state index contributed by atoms with van der Waals surface area (Å²) in [5, 5.41) is 19.9. The lowest BCUT2D eigenvalue weighted by Gasteiger charge is -2.17. The summed E-state index contributed by atoms with van der Waals surface area (Å²) in [7, 11) is 3.07. The molecule has 0 saturated heterocycles. The number of hydrogen-bond donors (Lipinski definition) is 4. The molecule has 0 aliphatic rings. The number of fused-ring (bicyclic) bond motifs is 1. The molecule has 226 valence electrons. The zero-order chi connectivity index (χ0) is 31.1. The fourth-order valence-electron chi connectivity index (χ4n) is 4.87. The van der Waals surface area contributed by atoms with E-state index in [2.05, 4.69) is 37.0 Å². The minimum Gasteiger partial charge on any atom is -0.395 e. The number of aliphatic hydroxyl groups excluding tert-OH is 1. The summed E-state index contributed by atoms with van der Waals surface area (Å²) in [4.78, 5) is 26.5. The Bertz CT molecular complexity index is 1760. The van der Waals surface area contributed by atoms with Gasteiger partial charge in [-0.15, -0.1) is 0 Å². The van der Waals surface area contributed by atoms with E-state index in [0.29, 0.717) is 35.2 Å². The smallest absolute Gasteiger partial charge is 0.274 e. The maximum atomic E-state index is 13.0. The number of nitrogens with one attached hydrogen (secondary N) is 3. The summed E-state index contributed by atoms with van der Waals surface area (Å²) < 4.78 is 10.5. The van der Waals surface area contributed by atoms with Crippen molar-refractivity contribution in [1.82, 2.24) is 20.3 Å². The van der Waals surface area contributed by atoms with Gasteiger partial charge in [-0.25, -0.2) is 4.98 Å². The molecule has 5 rings (SSSR count). The predicted octanol–water partition coefficient (Wildman–Crippen LogP) is 6.02. The summed E-state index contributed by atoms with van der Waals surface area (Å²) in [6.45, 7) is 3.22. The summed E-state index contributed by atoms with van der Waals surface area (Å²) in [5.41, 5.74) is 6.61. The molecule has 10 nitrogen and oxygen atoms in total. The molecule has 0 radical (unpaired) electrons. The zero-order valence-electron chi connectivity index (χ0n) is 24.6. The number of carbonyl (C=O) groups excluding carboxylic acids is 1. The molecule has 0 saturated carbocycles. The van der Waals surface area contributed by atoms with Crippen molar-refractivity contribution in [2.24, 2.45) is 0 Å². The van der Waals surface area contributed by atoms with Gasteiger partial charge in [-0.2, -0.15) is 0 Å². The fraction of sp³-hybridized carbons (Fsp3) is 0.212. The van der Waals surface area contributed by atoms with Crippen molar-refractivity contribution >= 4 is 45.6 Å². The summed E-state index contributed by atoms with van der Waals surface area (Å²) in [6.07, 6.45) is 4.53. The van der Waals surface area contributed by atoms with Gasteiger partial charge in [0.05, 0.1) is 17.3 Å². The molecule has 11 heteroatoms. The molecule has 3 heterocycles. The molecule has 5 aromatic rings. The maximum Gasteiger partial charge on any atom is 0.274 e. The van der Waals surface area contributed by atoms with Gasteiger partial charge in [-0.3, -0.25) is 14.8 Å². The number of hydrogen-bond acceptors (Lipinski definition) is 9. The largest absolute Gasteiger partial charge is 0.395 e. The second-order valence-corrected chi connectivity index (χ2v) is 10.4. The maximum absolute atomic E-state index is 13.0. The van der Waals surface area contributed by atoms with Crippen molar-refractivity contribution in [1.29, 1.82) is 0 Å². The van der Waals surface area contributed by atoms with Gasteiger partial charge in [0.1, 0.15) is 11.2 Å². The lowest BCUT2D eigenvalue weighted by atomic mass is 9.98. The Morgan fingerprint density at radius 1 is 0.955 bits per heavy atom. The van der Waals surface area contributed by atoms with Crippen LogP contribution in [0.1, 0.15) is 33.5 Å². The van der Waals surface area contributed by atoms with Crippen LogP contribution >= 0.6 is 11.6 Å². The van der Waals surface area contributed by atoms with E-state index < -0.39 is 12.2 Å². The number of pyridine rings is 3. The van der Waals surface area contributed by atoms with E-state index >= 15 is 0 Å². The Labute approximate surface area is 260 Å². The Kier molecular flexibility index (Phi) is 10.1. The van der Waals surface area contributed by atoms with Gasteiger partial charge in [0.15, 0.2) is 12.1 Å². The minimum absolute atomic E-state index is 0.0825. The average molecular weight is 613 g/mol. The van der Waals surface area contributed by atoms with Crippen molar-refractivity contribution in [2.75, 3.05) is 38.0 Å². The van der Waals surface area contributed by atoms with Crippen LogP contribution in [0.3, 0.4) is 0 Å². The molecule has 4 N–H and O–H groups in total. The van der Waals surface area contributed by atoms with Gasteiger partial charge in [0.25, 0.3) is 5.91 Å². The van der Waals surface area contributed by atoms with Gasteiger partial charge < -0.3 is 30.5 Å². The molecule has 0 bridgehead atoms. The van der Waals surface area contributed by atoms with Crippen molar-refractivity contribution in [3.05, 3.63) is 107 Å². The first-order valence-electron chi connectivity index (χ1n) is 14.0. The van der Waals surface area contributed by atoms with Crippen LogP contribution in [0, 0.1) is 6.92 Å². The van der Waals surface area contributed by atoms with E-state index in [0.717, 1.165) is 38.8 Å². The summed E-state index contributed by atoms with van der Waals surface area (Å²) in [6, 6.07) is 18.7. The highest BCUT2D eigenvalue weighted by Gasteiger charge is 2.17. The van der Waals surface area contributed by atoms with Crippen LogP contribution in [0.25, 0.3) is 22.0 Å². The number of carbonyl (C=O) groups is 1. The Morgan fingerprint density at radius 3 is 2.45 bits per heavy atom. The van der Waals surface area contributed by atoms with Crippen molar-refractivity contribution in [2.45, 2.75) is 19.8 Å². The fourth-order valence-corrected chi connectivity index (χ4v) is 5.14. The Hall–Kier alpha value is -4.45. The van der Waals surface area contributed by atoms with E-state index in [-0.39, 0.29) is 12.3 Å². The van der Waals surface area contributed by atoms with Crippen molar-refractivity contribution < 1.29 is 19.4 Å². The van der Waals surface area contributed by atoms with Gasteiger partial charge in [-0.1, -0.05) is 41.9 Å². The van der Waals surface area contributed by atoms with Crippen LogP contribution in [-0.4, -0.2) is 53.3 Å². The number of methoxy groups -OCH3 is 2. The molecule has 1 amide bonds. The van der Waals surface area contributed by atoms with Crippen molar-refractivity contribution in [3.8, 4) is 11.1 Å². The SMILES string of the molecule is COC(OC)c1ccc(C(=O)Nc2cccc(-c3cccc(Nc4nccc5cc(CNCCO)cnc45)c3C)c2Cl)nc1. The molecule has 2 aromatic carbocycles. The number of rotatable bonds is 12. The van der Waals surface area contributed by atoms with E-state index in [4.69, 9.17) is 26.2 Å². The molecular formula is C33H33ClN6O4. The number of benzene rings is 2. The molecular weight excluding hydrogens is 580 g/mol. The van der Waals surface area contributed by atoms with Crippen LogP contribution < -0.4 is 16.0 Å².